The molecule has 1 aromatic heterocycles. The standard InChI is InChI=1S/C25H21N3O/c1-19-27-23-9-5-6-10-24(23)28(19)18-17-26-25(29)22-15-13-21(14-16-22)12-11-20-7-3-2-4-8-20/h2-10,13-16H,17-18H2,1H3,(H,26,29). The lowest BCUT2D eigenvalue weighted by molar-refractivity contribution is 0.0952. The Kier molecular flexibility index (Phi) is 5.40. The molecule has 1 N–H and O–H groups in total. The van der Waals surface area contributed by atoms with E-state index >= 15 is 0 Å². The highest BCUT2D eigenvalue weighted by Crippen LogP contribution is 2.14. The molecule has 0 bridgehead atoms. The quantitative estimate of drug-likeness (QED) is 0.541. The van der Waals surface area contributed by atoms with E-state index in [1.165, 1.54) is 0 Å². The number of nitrogens with zero attached hydrogens (tertiary/aromatic N) is 2. The van der Waals surface area contributed by atoms with Crippen molar-refractivity contribution in [2.24, 2.45) is 0 Å². The van der Waals surface area contributed by atoms with E-state index in [0.717, 1.165) is 28.0 Å². The molecule has 0 saturated carbocycles. The van der Waals surface area contributed by atoms with Crippen LogP contribution in [0.25, 0.3) is 11.0 Å². The highest BCUT2D eigenvalue weighted by atomic mass is 16.1. The first kappa shape index (κ1) is 18.5. The zero-order valence-corrected chi connectivity index (χ0v) is 16.2. The SMILES string of the molecule is Cc1nc2ccccc2n1CCNC(=O)c1ccc(C#Cc2ccccc2)cc1. The number of aromatic nitrogens is 2. The summed E-state index contributed by atoms with van der Waals surface area (Å²) < 4.78 is 2.12. The lowest BCUT2D eigenvalue weighted by Gasteiger charge is -2.09. The van der Waals surface area contributed by atoms with Crippen LogP contribution < -0.4 is 5.32 Å². The molecule has 1 amide bonds. The predicted molar refractivity (Wildman–Crippen MR) is 116 cm³/mol. The lowest BCUT2D eigenvalue weighted by Crippen LogP contribution is -2.27. The molecule has 4 heteroatoms. The number of hydrogen-bond acceptors (Lipinski definition) is 2. The molecule has 0 atom stereocenters. The van der Waals surface area contributed by atoms with Crippen molar-refractivity contribution in [3.05, 3.63) is 101 Å². The predicted octanol–water partition coefficient (Wildman–Crippen LogP) is 4.17. The van der Waals surface area contributed by atoms with Crippen LogP contribution in [0.2, 0.25) is 0 Å². The number of para-hydroxylation sites is 2. The Labute approximate surface area is 170 Å². The maximum Gasteiger partial charge on any atom is 0.251 e. The summed E-state index contributed by atoms with van der Waals surface area (Å²) in [5, 5.41) is 2.98. The minimum Gasteiger partial charge on any atom is -0.350 e. The first-order valence-corrected chi connectivity index (χ1v) is 9.58. The Morgan fingerprint density at radius 1 is 0.897 bits per heavy atom. The van der Waals surface area contributed by atoms with Gasteiger partial charge in [0, 0.05) is 29.8 Å². The fourth-order valence-electron chi connectivity index (χ4n) is 3.23. The van der Waals surface area contributed by atoms with Gasteiger partial charge in [-0.05, 0) is 55.5 Å². The van der Waals surface area contributed by atoms with Crippen molar-refractivity contribution >= 4 is 16.9 Å². The summed E-state index contributed by atoms with van der Waals surface area (Å²) in [5.41, 5.74) is 4.54. The molecule has 0 radical (unpaired) electrons. The van der Waals surface area contributed by atoms with Crippen LogP contribution in [0.15, 0.2) is 78.9 Å². The molecule has 0 aliphatic heterocycles. The molecule has 4 nitrogen and oxygen atoms in total. The van der Waals surface area contributed by atoms with E-state index in [1.54, 1.807) is 0 Å². The van der Waals surface area contributed by atoms with Crippen LogP contribution in [-0.2, 0) is 6.54 Å². The molecule has 0 fully saturated rings. The molecule has 0 saturated heterocycles. The molecule has 0 aliphatic carbocycles. The second-order valence-electron chi connectivity index (χ2n) is 6.75. The van der Waals surface area contributed by atoms with Gasteiger partial charge in [0.15, 0.2) is 0 Å². The topological polar surface area (TPSA) is 46.9 Å². The van der Waals surface area contributed by atoms with Crippen molar-refractivity contribution in [2.75, 3.05) is 6.54 Å². The van der Waals surface area contributed by atoms with E-state index in [-0.39, 0.29) is 5.91 Å². The average Bonchev–Trinajstić information content (AvgIpc) is 3.08. The van der Waals surface area contributed by atoms with Crippen LogP contribution in [0.5, 0.6) is 0 Å². The fraction of sp³-hybridized carbons (Fsp3) is 0.120. The number of rotatable bonds is 4. The Morgan fingerprint density at radius 3 is 2.31 bits per heavy atom. The van der Waals surface area contributed by atoms with Crippen molar-refractivity contribution < 1.29 is 4.79 Å². The minimum absolute atomic E-state index is 0.0883. The number of imidazole rings is 1. The zero-order chi connectivity index (χ0) is 20.1. The summed E-state index contributed by atoms with van der Waals surface area (Å²) in [6.45, 7) is 3.20. The van der Waals surface area contributed by atoms with Gasteiger partial charge in [0.1, 0.15) is 5.82 Å². The second-order valence-corrected chi connectivity index (χ2v) is 6.75. The summed E-state index contributed by atoms with van der Waals surface area (Å²) in [7, 11) is 0. The van der Waals surface area contributed by atoms with E-state index in [0.29, 0.717) is 18.7 Å². The molecule has 4 rings (SSSR count). The van der Waals surface area contributed by atoms with Gasteiger partial charge >= 0.3 is 0 Å². The van der Waals surface area contributed by atoms with E-state index < -0.39 is 0 Å². The average molecular weight is 379 g/mol. The van der Waals surface area contributed by atoms with Crippen molar-refractivity contribution in [3.8, 4) is 11.8 Å². The summed E-state index contributed by atoms with van der Waals surface area (Å²) in [4.78, 5) is 17.0. The van der Waals surface area contributed by atoms with Crippen molar-refractivity contribution in [2.45, 2.75) is 13.5 Å². The van der Waals surface area contributed by atoms with Gasteiger partial charge in [-0.25, -0.2) is 4.98 Å². The van der Waals surface area contributed by atoms with Gasteiger partial charge < -0.3 is 9.88 Å². The summed E-state index contributed by atoms with van der Waals surface area (Å²) in [5.74, 6) is 7.10. The molecule has 142 valence electrons. The van der Waals surface area contributed by atoms with Crippen molar-refractivity contribution in [1.29, 1.82) is 0 Å². The Balaban J connectivity index is 1.36. The number of carbonyl (C=O) groups excluding carboxylic acids is 1. The third-order valence-electron chi connectivity index (χ3n) is 4.74. The molecular formula is C25H21N3O. The molecular weight excluding hydrogens is 358 g/mol. The number of carbonyl (C=O) groups is 1. The number of fused-ring (bicyclic) bond motifs is 1. The van der Waals surface area contributed by atoms with Crippen molar-refractivity contribution in [1.82, 2.24) is 14.9 Å². The Morgan fingerprint density at radius 2 is 1.55 bits per heavy atom. The molecule has 1 heterocycles. The van der Waals surface area contributed by atoms with E-state index in [1.807, 2.05) is 85.8 Å². The molecule has 0 aliphatic rings. The maximum atomic E-state index is 12.4. The number of benzene rings is 3. The summed E-state index contributed by atoms with van der Waals surface area (Å²) in [6, 6.07) is 25.2. The molecule has 4 aromatic rings. The lowest BCUT2D eigenvalue weighted by atomic mass is 10.1. The smallest absolute Gasteiger partial charge is 0.251 e. The monoisotopic (exact) mass is 379 g/mol. The molecule has 0 spiro atoms. The number of hydrogen-bond donors (Lipinski definition) is 1. The van der Waals surface area contributed by atoms with Crippen LogP contribution >= 0.6 is 0 Å². The van der Waals surface area contributed by atoms with Crippen LogP contribution in [0, 0.1) is 18.8 Å². The first-order valence-electron chi connectivity index (χ1n) is 9.58. The Hall–Kier alpha value is -3.84. The van der Waals surface area contributed by atoms with Gasteiger partial charge in [-0.1, -0.05) is 42.2 Å². The maximum absolute atomic E-state index is 12.4. The number of aryl methyl sites for hydroxylation is 1. The number of amides is 1. The van der Waals surface area contributed by atoms with E-state index in [2.05, 4.69) is 26.7 Å². The van der Waals surface area contributed by atoms with Gasteiger partial charge in [0.05, 0.1) is 11.0 Å². The summed E-state index contributed by atoms with van der Waals surface area (Å²) in [6.07, 6.45) is 0. The Bertz CT molecular complexity index is 1200. The van der Waals surface area contributed by atoms with Gasteiger partial charge in [-0.2, -0.15) is 0 Å². The van der Waals surface area contributed by atoms with Crippen LogP contribution in [0.1, 0.15) is 27.3 Å². The molecule has 3 aromatic carbocycles. The largest absolute Gasteiger partial charge is 0.350 e. The normalized spacial score (nSPS) is 10.4. The van der Waals surface area contributed by atoms with Crippen LogP contribution in [-0.4, -0.2) is 22.0 Å². The second kappa shape index (κ2) is 8.45. The van der Waals surface area contributed by atoms with Gasteiger partial charge in [0.2, 0.25) is 0 Å². The minimum atomic E-state index is -0.0883. The van der Waals surface area contributed by atoms with Gasteiger partial charge in [-0.3, -0.25) is 4.79 Å². The molecule has 29 heavy (non-hydrogen) atoms. The third-order valence-corrected chi connectivity index (χ3v) is 4.74. The van der Waals surface area contributed by atoms with Crippen molar-refractivity contribution in [3.63, 3.8) is 0 Å². The van der Waals surface area contributed by atoms with Crippen LogP contribution in [0.4, 0.5) is 0 Å². The fourth-order valence-corrected chi connectivity index (χ4v) is 3.23. The first-order chi connectivity index (χ1) is 14.2. The van der Waals surface area contributed by atoms with E-state index in [9.17, 15) is 4.79 Å². The zero-order valence-electron chi connectivity index (χ0n) is 16.2. The van der Waals surface area contributed by atoms with Gasteiger partial charge in [-0.15, -0.1) is 0 Å². The van der Waals surface area contributed by atoms with Gasteiger partial charge in [0.25, 0.3) is 5.91 Å². The van der Waals surface area contributed by atoms with E-state index in [4.69, 9.17) is 0 Å². The molecule has 0 unspecified atom stereocenters. The number of nitrogens with one attached hydrogen (secondary N) is 1. The highest BCUT2D eigenvalue weighted by Gasteiger charge is 2.08. The summed E-state index contributed by atoms with van der Waals surface area (Å²) >= 11 is 0. The highest BCUT2D eigenvalue weighted by molar-refractivity contribution is 5.94. The van der Waals surface area contributed by atoms with Crippen LogP contribution in [0.3, 0.4) is 0 Å². The third kappa shape index (κ3) is 4.36.